The molecule has 2 aromatic carbocycles. The molecule has 2 amide bonds. The van der Waals surface area contributed by atoms with Crippen LogP contribution in [0.2, 0.25) is 0 Å². The third-order valence-electron chi connectivity index (χ3n) is 8.41. The molecule has 1 saturated heterocycles. The van der Waals surface area contributed by atoms with E-state index in [1.807, 2.05) is 0 Å². The van der Waals surface area contributed by atoms with Gasteiger partial charge in [0.15, 0.2) is 0 Å². The van der Waals surface area contributed by atoms with Gasteiger partial charge in [0.2, 0.25) is 17.6 Å². The average Bonchev–Trinajstić information content (AvgIpc) is 3.62. The van der Waals surface area contributed by atoms with Gasteiger partial charge in [-0.15, -0.1) is 0 Å². The topological polar surface area (TPSA) is 115 Å². The Morgan fingerprint density at radius 2 is 1.80 bits per heavy atom. The molecule has 1 saturated carbocycles. The Kier molecular flexibility index (Phi) is 8.68. The molecule has 3 aromatic rings. The molecule has 3 N–H and O–H groups in total. The number of rotatable bonds is 8. The highest BCUT2D eigenvalue weighted by Gasteiger charge is 2.45. The van der Waals surface area contributed by atoms with Gasteiger partial charge in [-0.25, -0.2) is 13.6 Å². The predicted molar refractivity (Wildman–Crippen MR) is 149 cm³/mol. The van der Waals surface area contributed by atoms with E-state index in [0.29, 0.717) is 55.3 Å². The van der Waals surface area contributed by atoms with Crippen molar-refractivity contribution in [3.05, 3.63) is 65.7 Å². The van der Waals surface area contributed by atoms with Crippen LogP contribution in [0.15, 0.2) is 52.9 Å². The van der Waals surface area contributed by atoms with Crippen LogP contribution in [0.25, 0.3) is 11.0 Å². The summed E-state index contributed by atoms with van der Waals surface area (Å²) >= 11 is 0. The Labute approximate surface area is 237 Å². The molecule has 10 heteroatoms. The van der Waals surface area contributed by atoms with Gasteiger partial charge in [0.25, 0.3) is 0 Å². The molecular formula is C31H35F2N3O5. The highest BCUT2D eigenvalue weighted by Crippen LogP contribution is 2.38. The second-order valence-corrected chi connectivity index (χ2v) is 10.9. The van der Waals surface area contributed by atoms with Crippen LogP contribution >= 0.6 is 0 Å². The molecule has 41 heavy (non-hydrogen) atoms. The number of carbonyl (C=O) groups is 3. The number of hydrogen-bond donors (Lipinski definition) is 2. The van der Waals surface area contributed by atoms with E-state index >= 15 is 0 Å². The maximum atomic E-state index is 13.8. The summed E-state index contributed by atoms with van der Waals surface area (Å²) in [5.41, 5.74) is 7.64. The van der Waals surface area contributed by atoms with E-state index < -0.39 is 24.7 Å². The zero-order valence-corrected chi connectivity index (χ0v) is 23.0. The number of nitrogens with zero attached hydrogens (tertiary/aromatic N) is 1. The Balaban J connectivity index is 1.37. The molecule has 5 rings (SSSR count). The minimum absolute atomic E-state index is 0.0517. The largest absolute Gasteiger partial charge is 0.460 e. The normalized spacial score (nSPS) is 23.4. The summed E-state index contributed by atoms with van der Waals surface area (Å²) in [5, 5.41) is 3.56. The third-order valence-corrected chi connectivity index (χ3v) is 8.41. The van der Waals surface area contributed by atoms with Crippen LogP contribution in [-0.4, -0.2) is 54.6 Å². The first-order chi connectivity index (χ1) is 19.8. The average molecular weight is 568 g/mol. The van der Waals surface area contributed by atoms with Gasteiger partial charge < -0.3 is 25.1 Å². The number of ether oxygens (including phenoxy) is 1. The number of nitrogens with two attached hydrogens (primary N) is 1. The van der Waals surface area contributed by atoms with Crippen LogP contribution in [0.5, 0.6) is 0 Å². The highest BCUT2D eigenvalue weighted by molar-refractivity contribution is 6.00. The highest BCUT2D eigenvalue weighted by atomic mass is 19.1. The minimum atomic E-state index is -0.797. The van der Waals surface area contributed by atoms with Crippen molar-refractivity contribution < 1.29 is 32.3 Å². The Morgan fingerprint density at radius 1 is 1.07 bits per heavy atom. The first-order valence-corrected chi connectivity index (χ1v) is 14.2. The predicted octanol–water partition coefficient (Wildman–Crippen LogP) is 5.18. The summed E-state index contributed by atoms with van der Waals surface area (Å²) in [6.07, 6.45) is 3.10. The molecule has 218 valence electrons. The van der Waals surface area contributed by atoms with Crippen LogP contribution in [0.3, 0.4) is 0 Å². The number of esters is 1. The molecule has 8 nitrogen and oxygen atoms in total. The zero-order valence-electron chi connectivity index (χ0n) is 23.0. The number of fused-ring (bicyclic) bond motifs is 1. The number of amides is 2. The smallest absolute Gasteiger partial charge is 0.374 e. The van der Waals surface area contributed by atoms with E-state index in [4.69, 9.17) is 14.9 Å². The van der Waals surface area contributed by atoms with Gasteiger partial charge in [-0.05, 0) is 86.9 Å². The minimum Gasteiger partial charge on any atom is -0.460 e. The lowest BCUT2D eigenvalue weighted by molar-refractivity contribution is -0.141. The van der Waals surface area contributed by atoms with E-state index in [2.05, 4.69) is 5.32 Å². The molecule has 1 aliphatic heterocycles. The first-order valence-electron chi connectivity index (χ1n) is 14.2. The molecule has 1 aromatic heterocycles. The van der Waals surface area contributed by atoms with Crippen LogP contribution < -0.4 is 11.1 Å². The number of carbonyl (C=O) groups excluding carboxylic acids is 3. The molecule has 1 unspecified atom stereocenters. The van der Waals surface area contributed by atoms with Crippen LogP contribution in [0.1, 0.15) is 61.1 Å². The van der Waals surface area contributed by atoms with Crippen molar-refractivity contribution in [1.82, 2.24) is 4.90 Å². The summed E-state index contributed by atoms with van der Waals surface area (Å²) in [7, 11) is 0. The summed E-state index contributed by atoms with van der Waals surface area (Å²) in [6.45, 7) is 1.74. The van der Waals surface area contributed by atoms with Gasteiger partial charge in [-0.2, -0.15) is 0 Å². The zero-order chi connectivity index (χ0) is 29.1. The molecule has 2 heterocycles. The second-order valence-electron chi connectivity index (χ2n) is 10.9. The van der Waals surface area contributed by atoms with Crippen molar-refractivity contribution in [1.29, 1.82) is 0 Å². The molecule has 0 radical (unpaired) electrons. The van der Waals surface area contributed by atoms with E-state index in [1.54, 1.807) is 48.2 Å². The summed E-state index contributed by atoms with van der Waals surface area (Å²) in [5.74, 6) is -1.85. The maximum Gasteiger partial charge on any atom is 0.374 e. The lowest BCUT2D eigenvalue weighted by Crippen LogP contribution is -2.48. The van der Waals surface area contributed by atoms with E-state index in [-0.39, 0.29) is 47.8 Å². The first kappa shape index (κ1) is 28.7. The van der Waals surface area contributed by atoms with Gasteiger partial charge in [0.1, 0.15) is 24.1 Å². The summed E-state index contributed by atoms with van der Waals surface area (Å²) in [6, 6.07) is 11.3. The fourth-order valence-corrected chi connectivity index (χ4v) is 6.22. The number of furan rings is 1. The van der Waals surface area contributed by atoms with Crippen molar-refractivity contribution in [2.75, 3.05) is 25.1 Å². The number of benzene rings is 2. The Bertz CT molecular complexity index is 1400. The number of halogens is 2. The molecule has 2 aliphatic rings. The molecule has 3 atom stereocenters. The van der Waals surface area contributed by atoms with E-state index in [0.717, 1.165) is 5.56 Å². The number of alkyl halides is 1. The second kappa shape index (κ2) is 12.4. The molecule has 0 bridgehead atoms. The van der Waals surface area contributed by atoms with Crippen molar-refractivity contribution in [2.45, 2.75) is 57.0 Å². The fraction of sp³-hybridized carbons (Fsp3) is 0.452. The van der Waals surface area contributed by atoms with Gasteiger partial charge in [-0.1, -0.05) is 12.1 Å². The van der Waals surface area contributed by atoms with Crippen molar-refractivity contribution in [3.8, 4) is 0 Å². The maximum absolute atomic E-state index is 13.8. The van der Waals surface area contributed by atoms with Gasteiger partial charge in [0.05, 0.1) is 6.61 Å². The Hall–Kier alpha value is -3.79. The number of hydrogen-bond acceptors (Lipinski definition) is 6. The third kappa shape index (κ3) is 6.12. The van der Waals surface area contributed by atoms with Crippen LogP contribution in [-0.2, 0) is 14.3 Å². The van der Waals surface area contributed by atoms with Gasteiger partial charge in [-0.3, -0.25) is 9.59 Å². The number of likely N-dealkylation sites (tertiary alicyclic amines) is 1. The molecular weight excluding hydrogens is 532 g/mol. The molecule has 0 spiro atoms. The number of anilines is 1. The van der Waals surface area contributed by atoms with Crippen molar-refractivity contribution >= 4 is 34.4 Å². The van der Waals surface area contributed by atoms with Crippen molar-refractivity contribution in [2.24, 2.45) is 17.6 Å². The van der Waals surface area contributed by atoms with Gasteiger partial charge >= 0.3 is 5.97 Å². The SMILES string of the molecule is CCOC(=O)c1cc2cc(NC(=O)[C@@H]3[C@H](c4ccc(F)cc4)CCN3C(=O)C3CCC(C(N)CF)CC3)ccc2o1. The standard InChI is InChI=1S/C31H35F2N3O5/c1-2-40-31(39)27-16-21-15-23(11-12-26(21)41-27)35-29(37)28-24(18-7-9-22(33)10-8-18)13-14-36(28)30(38)20-5-3-19(4-6-20)25(34)17-32/h7-12,15-16,19-20,24-25,28H,2-6,13-14,17,34H2,1H3,(H,35,37)/t19?,20?,24-,25?,28-/m0/s1. The van der Waals surface area contributed by atoms with Crippen LogP contribution in [0, 0.1) is 17.7 Å². The molecule has 1 aliphatic carbocycles. The fourth-order valence-electron chi connectivity index (χ4n) is 6.22. The van der Waals surface area contributed by atoms with Crippen LogP contribution in [0.4, 0.5) is 14.5 Å². The summed E-state index contributed by atoms with van der Waals surface area (Å²) in [4.78, 5) is 41.3. The molecule has 2 fully saturated rings. The lowest BCUT2D eigenvalue weighted by atomic mass is 9.78. The monoisotopic (exact) mass is 567 g/mol. The van der Waals surface area contributed by atoms with Gasteiger partial charge in [0, 0.05) is 35.5 Å². The number of nitrogens with one attached hydrogen (secondary N) is 1. The van der Waals surface area contributed by atoms with E-state index in [9.17, 15) is 23.2 Å². The quantitative estimate of drug-likeness (QED) is 0.363. The van der Waals surface area contributed by atoms with E-state index in [1.165, 1.54) is 12.1 Å². The lowest BCUT2D eigenvalue weighted by Gasteiger charge is -2.35. The summed E-state index contributed by atoms with van der Waals surface area (Å²) < 4.78 is 37.3. The Morgan fingerprint density at radius 3 is 2.49 bits per heavy atom. The van der Waals surface area contributed by atoms with Crippen molar-refractivity contribution in [3.63, 3.8) is 0 Å².